The normalized spacial score (nSPS) is 16.6. The highest BCUT2D eigenvalue weighted by Gasteiger charge is 2.42. The van der Waals surface area contributed by atoms with Crippen LogP contribution in [0.3, 0.4) is 0 Å². The van der Waals surface area contributed by atoms with Crippen LogP contribution in [0.25, 0.3) is 111 Å². The number of nitrogens with zero attached hydrogens (tertiary/aromatic N) is 3. The Morgan fingerprint density at radius 2 is 0.540 bits per heavy atom. The monoisotopic (exact) mass is 1290 g/mol. The average molecular weight is 1290 g/mol. The summed E-state index contributed by atoms with van der Waals surface area (Å²) in [7, 11) is 0. The van der Waals surface area contributed by atoms with Gasteiger partial charge in [-0.15, -0.1) is 0 Å². The van der Waals surface area contributed by atoms with Crippen molar-refractivity contribution >= 4 is 83.8 Å². The van der Waals surface area contributed by atoms with E-state index < -0.39 is 0 Å². The zero-order valence-electron chi connectivity index (χ0n) is 57.6. The molecule has 4 aliphatic carbocycles. The smallest absolute Gasteiger partial charge is 0.252 e. The quantitative estimate of drug-likeness (QED) is 0.111. The van der Waals surface area contributed by atoms with E-state index >= 15 is 0 Å². The van der Waals surface area contributed by atoms with Crippen LogP contribution in [-0.4, -0.2) is 15.8 Å². The number of rotatable bonds is 12. The molecule has 100 heavy (non-hydrogen) atoms. The Morgan fingerprint density at radius 1 is 0.250 bits per heavy atom. The summed E-state index contributed by atoms with van der Waals surface area (Å²) in [6.07, 6.45) is 26.5. The van der Waals surface area contributed by atoms with Gasteiger partial charge in [0, 0.05) is 61.0 Å². The van der Waals surface area contributed by atoms with Gasteiger partial charge >= 0.3 is 0 Å². The summed E-state index contributed by atoms with van der Waals surface area (Å²) in [5.41, 5.74) is 33.8. The van der Waals surface area contributed by atoms with E-state index in [1.807, 2.05) is 0 Å². The molecule has 4 heterocycles. The molecule has 20 rings (SSSR count). The van der Waals surface area contributed by atoms with Gasteiger partial charge in [-0.2, -0.15) is 0 Å². The molecule has 2 aliphatic heterocycles. The lowest BCUT2D eigenvalue weighted by atomic mass is 9.34. The molecule has 2 aromatic heterocycles. The molecule has 14 aromatic rings. The lowest BCUT2D eigenvalue weighted by Crippen LogP contribution is -2.59. The molecule has 6 aliphatic rings. The zero-order valence-corrected chi connectivity index (χ0v) is 57.6. The van der Waals surface area contributed by atoms with Gasteiger partial charge in [-0.1, -0.05) is 247 Å². The minimum atomic E-state index is -0.0770. The van der Waals surface area contributed by atoms with Crippen LogP contribution in [0, 0.1) is 0 Å². The number of hydrogen-bond acceptors (Lipinski definition) is 1. The van der Waals surface area contributed by atoms with Crippen molar-refractivity contribution in [3.8, 4) is 67.0 Å². The molecule has 4 heteroatoms. The lowest BCUT2D eigenvalue weighted by Gasteiger charge is -2.35. The molecule has 3 nitrogen and oxygen atoms in total. The average Bonchev–Trinajstić information content (AvgIpc) is 1.48. The van der Waals surface area contributed by atoms with Crippen molar-refractivity contribution < 1.29 is 0 Å². The second kappa shape index (κ2) is 25.1. The first-order valence-electron chi connectivity index (χ1n) is 38.4. The maximum absolute atomic E-state index is 2.71. The fourth-order valence-electron chi connectivity index (χ4n) is 19.9. The van der Waals surface area contributed by atoms with Gasteiger partial charge in [0.1, 0.15) is 0 Å². The lowest BCUT2D eigenvalue weighted by molar-refractivity contribution is 0.443. The van der Waals surface area contributed by atoms with Crippen molar-refractivity contribution in [2.45, 2.75) is 152 Å². The minimum absolute atomic E-state index is 0.0770. The third kappa shape index (κ3) is 10.4. The van der Waals surface area contributed by atoms with Crippen LogP contribution in [0.4, 0.5) is 17.1 Å². The summed E-state index contributed by atoms with van der Waals surface area (Å²) in [6, 6.07) is 101. The second-order valence-corrected chi connectivity index (χ2v) is 30.8. The summed E-state index contributed by atoms with van der Waals surface area (Å²) < 4.78 is 5.42. The Hall–Kier alpha value is -9.90. The van der Waals surface area contributed by atoms with Crippen LogP contribution in [0.1, 0.15) is 174 Å². The van der Waals surface area contributed by atoms with Crippen molar-refractivity contribution in [1.29, 1.82) is 0 Å². The first-order chi connectivity index (χ1) is 49.6. The van der Waals surface area contributed by atoms with E-state index in [1.54, 1.807) is 0 Å². The standard InChI is InChI=1S/C96H86BN3/c1-7-19-63(20-8-1)67-31-39-71(40-32-67)76-49-53-90-84(55-76)86-57-78(73-43-35-69(36-44-73)65-23-11-3-12-24-65)59-88-95(86)99(90)92-61-80(75-47-51-83(52-48-75)98(81-27-15-5-16-28-81)82-29-17-6-18-30-82)62-93-94(92)97(88)89-60-79(74-45-37-70(38-46-74)66-25-13-4-14-26-66)58-87-85-56-77(50-54-91(85)100(93)96(87)89)72-41-33-68(34-42-72)64-21-9-2-10-22-64/h5-6,15-18,27-66H,1-4,7-14,19-26H2. The number of hydrogen-bond donors (Lipinski definition) is 0. The van der Waals surface area contributed by atoms with Gasteiger partial charge in [0.05, 0.1) is 11.0 Å². The molecular weight excluding hydrogens is 1210 g/mol. The molecule has 0 bridgehead atoms. The van der Waals surface area contributed by atoms with Crippen LogP contribution in [0.2, 0.25) is 0 Å². The number of benzene rings is 12. The topological polar surface area (TPSA) is 13.1 Å². The van der Waals surface area contributed by atoms with E-state index in [9.17, 15) is 0 Å². The highest BCUT2D eigenvalue weighted by atomic mass is 15.1. The molecule has 0 unspecified atom stereocenters. The number of aromatic nitrogens is 2. The van der Waals surface area contributed by atoms with Crippen molar-refractivity contribution in [1.82, 2.24) is 9.13 Å². The largest absolute Gasteiger partial charge is 0.311 e. The van der Waals surface area contributed by atoms with Crippen molar-refractivity contribution in [2.75, 3.05) is 4.90 Å². The van der Waals surface area contributed by atoms with E-state index in [0.29, 0.717) is 23.7 Å². The Labute approximate surface area is 590 Å². The third-order valence-electron chi connectivity index (χ3n) is 25.1. The van der Waals surface area contributed by atoms with Crippen LogP contribution in [-0.2, 0) is 0 Å². The van der Waals surface area contributed by atoms with Gasteiger partial charge in [-0.25, -0.2) is 0 Å². The Morgan fingerprint density at radius 3 is 0.890 bits per heavy atom. The van der Waals surface area contributed by atoms with Crippen molar-refractivity contribution in [3.63, 3.8) is 0 Å². The summed E-state index contributed by atoms with van der Waals surface area (Å²) in [6.45, 7) is -0.0770. The summed E-state index contributed by atoms with van der Waals surface area (Å²) >= 11 is 0. The fourth-order valence-corrected chi connectivity index (χ4v) is 19.9. The zero-order chi connectivity index (χ0) is 65.8. The van der Waals surface area contributed by atoms with E-state index in [-0.39, 0.29) is 6.71 Å². The van der Waals surface area contributed by atoms with Crippen LogP contribution < -0.4 is 21.3 Å². The maximum atomic E-state index is 2.71. The molecule has 0 saturated heterocycles. The molecule has 4 fully saturated rings. The van der Waals surface area contributed by atoms with Crippen LogP contribution >= 0.6 is 0 Å². The van der Waals surface area contributed by atoms with Crippen molar-refractivity contribution in [3.05, 3.63) is 277 Å². The molecule has 0 N–H and O–H groups in total. The maximum Gasteiger partial charge on any atom is 0.252 e. The summed E-state index contributed by atoms with van der Waals surface area (Å²) in [5.74, 6) is 2.62. The highest BCUT2D eigenvalue weighted by molar-refractivity contribution is 7.00. The molecule has 4 saturated carbocycles. The molecule has 0 amide bonds. The van der Waals surface area contributed by atoms with Crippen LogP contribution in [0.5, 0.6) is 0 Å². The minimum Gasteiger partial charge on any atom is -0.311 e. The summed E-state index contributed by atoms with van der Waals surface area (Å²) in [4.78, 5) is 2.38. The predicted octanol–water partition coefficient (Wildman–Crippen LogP) is 25.0. The third-order valence-corrected chi connectivity index (χ3v) is 25.1. The molecule has 0 atom stereocenters. The number of anilines is 3. The molecule has 0 spiro atoms. The highest BCUT2D eigenvalue weighted by Crippen LogP contribution is 2.47. The van der Waals surface area contributed by atoms with Gasteiger partial charge in [0.15, 0.2) is 0 Å². The van der Waals surface area contributed by atoms with Gasteiger partial charge < -0.3 is 14.0 Å². The van der Waals surface area contributed by atoms with E-state index in [4.69, 9.17) is 0 Å². The number of para-hydroxylation sites is 2. The second-order valence-electron chi connectivity index (χ2n) is 30.8. The number of fused-ring (bicyclic) bond motifs is 10. The van der Waals surface area contributed by atoms with Gasteiger partial charge in [-0.05, 0) is 254 Å². The van der Waals surface area contributed by atoms with Gasteiger partial charge in [0.25, 0.3) is 6.71 Å². The van der Waals surface area contributed by atoms with Crippen LogP contribution in [0.15, 0.2) is 255 Å². The first kappa shape index (κ1) is 60.1. The van der Waals surface area contributed by atoms with E-state index in [1.165, 1.54) is 278 Å². The van der Waals surface area contributed by atoms with Gasteiger partial charge in [0.2, 0.25) is 0 Å². The first-order valence-corrected chi connectivity index (χ1v) is 38.4. The van der Waals surface area contributed by atoms with Crippen molar-refractivity contribution in [2.24, 2.45) is 0 Å². The van der Waals surface area contributed by atoms with E-state index in [2.05, 4.69) is 269 Å². The van der Waals surface area contributed by atoms with E-state index in [0.717, 1.165) is 17.1 Å². The SMILES string of the molecule is c1ccc(N(c2ccccc2)c2ccc(-c3cc4c5c(c3)-n3c6ccc(-c7ccc(C8CCCCC8)cc7)cc6c6cc(-c7ccc(C8CCCCC8)cc7)cc(c63)B5c3cc(-c5ccc(C6CCCCC6)cc5)cc5c6cc(-c7ccc(C8CCCCC8)cc7)ccc6n-4c35)cc2)cc1. The summed E-state index contributed by atoms with van der Waals surface area (Å²) in [5, 5.41) is 5.24. The predicted molar refractivity (Wildman–Crippen MR) is 425 cm³/mol. The molecule has 12 aromatic carbocycles. The Kier molecular flexibility index (Phi) is 15.1. The van der Waals surface area contributed by atoms with Gasteiger partial charge in [-0.3, -0.25) is 0 Å². The fraction of sp³-hybridized carbons (Fsp3) is 0.250. The molecule has 488 valence electrons. The molecular formula is C96H86BN3. The Bertz CT molecular complexity index is 5090. The Balaban J connectivity index is 0.838. The molecule has 0 radical (unpaired) electrons.